The first kappa shape index (κ1) is 21.2. The van der Waals surface area contributed by atoms with Gasteiger partial charge in [-0.15, -0.1) is 0 Å². The SMILES string of the molecule is COCCOc1ccc(CNC(=O)C(Cc2ccccc2)NC(=O)OC)cc1. The molecule has 0 radical (unpaired) electrons. The number of methoxy groups -OCH3 is 2. The summed E-state index contributed by atoms with van der Waals surface area (Å²) < 4.78 is 15.1. The van der Waals surface area contributed by atoms with Crippen LogP contribution in [-0.4, -0.2) is 45.5 Å². The number of hydrogen-bond donors (Lipinski definition) is 2. The Morgan fingerprint density at radius 3 is 2.29 bits per heavy atom. The zero-order valence-corrected chi connectivity index (χ0v) is 16.1. The van der Waals surface area contributed by atoms with Crippen LogP contribution in [0.15, 0.2) is 54.6 Å². The van der Waals surface area contributed by atoms with Gasteiger partial charge in [0, 0.05) is 20.1 Å². The maximum atomic E-state index is 12.6. The summed E-state index contributed by atoms with van der Waals surface area (Å²) in [6, 6.07) is 16.2. The van der Waals surface area contributed by atoms with E-state index in [1.165, 1.54) is 7.11 Å². The fourth-order valence-corrected chi connectivity index (χ4v) is 2.52. The molecule has 2 amide bonds. The number of carbonyl (C=O) groups is 2. The first-order valence-corrected chi connectivity index (χ1v) is 8.99. The van der Waals surface area contributed by atoms with Crippen molar-refractivity contribution in [1.29, 1.82) is 0 Å². The van der Waals surface area contributed by atoms with E-state index in [4.69, 9.17) is 9.47 Å². The second kappa shape index (κ2) is 11.6. The summed E-state index contributed by atoms with van der Waals surface area (Å²) in [5.74, 6) is 0.455. The lowest BCUT2D eigenvalue weighted by molar-refractivity contribution is -0.123. The van der Waals surface area contributed by atoms with Crippen LogP contribution in [0.3, 0.4) is 0 Å². The van der Waals surface area contributed by atoms with Crippen molar-refractivity contribution in [3.8, 4) is 5.75 Å². The van der Waals surface area contributed by atoms with Crippen LogP contribution in [-0.2, 0) is 27.2 Å². The molecule has 28 heavy (non-hydrogen) atoms. The van der Waals surface area contributed by atoms with Gasteiger partial charge in [-0.25, -0.2) is 4.79 Å². The third-order valence-corrected chi connectivity index (χ3v) is 4.02. The lowest BCUT2D eigenvalue weighted by Gasteiger charge is -2.18. The van der Waals surface area contributed by atoms with E-state index in [2.05, 4.69) is 15.4 Å². The number of alkyl carbamates (subject to hydrolysis) is 1. The van der Waals surface area contributed by atoms with E-state index in [0.29, 0.717) is 26.2 Å². The van der Waals surface area contributed by atoms with Gasteiger partial charge in [0.25, 0.3) is 0 Å². The predicted molar refractivity (Wildman–Crippen MR) is 105 cm³/mol. The Labute approximate surface area is 165 Å². The van der Waals surface area contributed by atoms with Gasteiger partial charge in [-0.3, -0.25) is 4.79 Å². The molecule has 0 aliphatic carbocycles. The van der Waals surface area contributed by atoms with Crippen molar-refractivity contribution in [3.63, 3.8) is 0 Å². The van der Waals surface area contributed by atoms with Crippen LogP contribution in [0.25, 0.3) is 0 Å². The molecule has 1 unspecified atom stereocenters. The smallest absolute Gasteiger partial charge is 0.407 e. The van der Waals surface area contributed by atoms with Crippen molar-refractivity contribution >= 4 is 12.0 Å². The van der Waals surface area contributed by atoms with E-state index >= 15 is 0 Å². The number of benzene rings is 2. The summed E-state index contributed by atoms with van der Waals surface area (Å²) in [6.45, 7) is 1.34. The summed E-state index contributed by atoms with van der Waals surface area (Å²) in [4.78, 5) is 24.2. The molecule has 1 atom stereocenters. The zero-order valence-electron chi connectivity index (χ0n) is 16.1. The Bertz CT molecular complexity index is 734. The molecule has 2 rings (SSSR count). The van der Waals surface area contributed by atoms with Gasteiger partial charge >= 0.3 is 6.09 Å². The third kappa shape index (κ3) is 7.28. The normalized spacial score (nSPS) is 11.4. The Kier molecular flexibility index (Phi) is 8.81. The summed E-state index contributed by atoms with van der Waals surface area (Å²) >= 11 is 0. The van der Waals surface area contributed by atoms with Crippen molar-refractivity contribution in [3.05, 3.63) is 65.7 Å². The minimum atomic E-state index is -0.730. The summed E-state index contributed by atoms with van der Waals surface area (Å²) in [5.41, 5.74) is 1.86. The van der Waals surface area contributed by atoms with Gasteiger partial charge < -0.3 is 24.8 Å². The molecular formula is C21H26N2O5. The van der Waals surface area contributed by atoms with Crippen LogP contribution >= 0.6 is 0 Å². The summed E-state index contributed by atoms with van der Waals surface area (Å²) in [5, 5.41) is 5.43. The fourth-order valence-electron chi connectivity index (χ4n) is 2.52. The van der Waals surface area contributed by atoms with Crippen LogP contribution in [0, 0.1) is 0 Å². The van der Waals surface area contributed by atoms with E-state index in [9.17, 15) is 9.59 Å². The van der Waals surface area contributed by atoms with E-state index in [1.807, 2.05) is 54.6 Å². The minimum Gasteiger partial charge on any atom is -0.491 e. The van der Waals surface area contributed by atoms with Gasteiger partial charge in [-0.2, -0.15) is 0 Å². The molecule has 0 aliphatic heterocycles. The van der Waals surface area contributed by atoms with Gasteiger partial charge in [0.15, 0.2) is 0 Å². The molecule has 0 saturated carbocycles. The van der Waals surface area contributed by atoms with Crippen molar-refractivity contribution < 1.29 is 23.8 Å². The van der Waals surface area contributed by atoms with Gasteiger partial charge in [0.2, 0.25) is 5.91 Å². The standard InChI is InChI=1S/C21H26N2O5/c1-26-12-13-28-18-10-8-17(9-11-18)15-22-20(24)19(23-21(25)27-2)14-16-6-4-3-5-7-16/h3-11,19H,12-15H2,1-2H3,(H,22,24)(H,23,25). The molecule has 150 valence electrons. The average Bonchev–Trinajstić information content (AvgIpc) is 2.73. The van der Waals surface area contributed by atoms with E-state index < -0.39 is 12.1 Å². The number of rotatable bonds is 10. The van der Waals surface area contributed by atoms with Crippen molar-refractivity contribution in [2.75, 3.05) is 27.4 Å². The third-order valence-electron chi connectivity index (χ3n) is 4.02. The Morgan fingerprint density at radius 1 is 0.929 bits per heavy atom. The summed E-state index contributed by atoms with van der Waals surface area (Å²) in [6.07, 6.45) is -0.276. The van der Waals surface area contributed by atoms with E-state index in [-0.39, 0.29) is 5.91 Å². The van der Waals surface area contributed by atoms with Crippen LogP contribution < -0.4 is 15.4 Å². The second-order valence-corrected chi connectivity index (χ2v) is 6.08. The Morgan fingerprint density at radius 2 is 1.64 bits per heavy atom. The molecule has 0 aromatic heterocycles. The van der Waals surface area contributed by atoms with Gasteiger partial charge in [0.05, 0.1) is 13.7 Å². The maximum absolute atomic E-state index is 12.6. The van der Waals surface area contributed by atoms with Crippen molar-refractivity contribution in [2.45, 2.75) is 19.0 Å². The molecule has 0 spiro atoms. The zero-order chi connectivity index (χ0) is 20.2. The van der Waals surface area contributed by atoms with Gasteiger partial charge in [-0.1, -0.05) is 42.5 Å². The highest BCUT2D eigenvalue weighted by Gasteiger charge is 2.21. The largest absolute Gasteiger partial charge is 0.491 e. The molecule has 0 heterocycles. The highest BCUT2D eigenvalue weighted by atomic mass is 16.5. The molecule has 0 saturated heterocycles. The lowest BCUT2D eigenvalue weighted by Crippen LogP contribution is -2.47. The number of amides is 2. The number of ether oxygens (including phenoxy) is 3. The highest BCUT2D eigenvalue weighted by molar-refractivity contribution is 5.85. The fraction of sp³-hybridized carbons (Fsp3) is 0.333. The number of hydrogen-bond acceptors (Lipinski definition) is 5. The first-order chi connectivity index (χ1) is 13.6. The van der Waals surface area contributed by atoms with Crippen LogP contribution in [0.2, 0.25) is 0 Å². The molecule has 0 bridgehead atoms. The van der Waals surface area contributed by atoms with Crippen LogP contribution in [0.1, 0.15) is 11.1 Å². The quantitative estimate of drug-likeness (QED) is 0.612. The van der Waals surface area contributed by atoms with Crippen molar-refractivity contribution in [1.82, 2.24) is 10.6 Å². The highest BCUT2D eigenvalue weighted by Crippen LogP contribution is 2.12. The second-order valence-electron chi connectivity index (χ2n) is 6.08. The molecule has 0 aliphatic rings. The number of nitrogens with one attached hydrogen (secondary N) is 2. The molecule has 2 N–H and O–H groups in total. The van der Waals surface area contributed by atoms with Gasteiger partial charge in [0.1, 0.15) is 18.4 Å². The molecule has 7 nitrogen and oxygen atoms in total. The van der Waals surface area contributed by atoms with Crippen molar-refractivity contribution in [2.24, 2.45) is 0 Å². The molecule has 2 aromatic rings. The first-order valence-electron chi connectivity index (χ1n) is 8.99. The van der Waals surface area contributed by atoms with Crippen LogP contribution in [0.5, 0.6) is 5.75 Å². The van der Waals surface area contributed by atoms with Gasteiger partial charge in [-0.05, 0) is 23.3 Å². The van der Waals surface area contributed by atoms with E-state index in [1.54, 1.807) is 7.11 Å². The Hall–Kier alpha value is -3.06. The monoisotopic (exact) mass is 386 g/mol. The topological polar surface area (TPSA) is 85.9 Å². The Balaban J connectivity index is 1.91. The average molecular weight is 386 g/mol. The maximum Gasteiger partial charge on any atom is 0.407 e. The number of carbonyl (C=O) groups excluding carboxylic acids is 2. The lowest BCUT2D eigenvalue weighted by atomic mass is 10.1. The molecule has 7 heteroatoms. The molecular weight excluding hydrogens is 360 g/mol. The van der Waals surface area contributed by atoms with E-state index in [0.717, 1.165) is 16.9 Å². The molecule has 0 fully saturated rings. The molecule has 2 aromatic carbocycles. The predicted octanol–water partition coefficient (Wildman–Crippen LogP) is 2.30. The van der Waals surface area contributed by atoms with Crippen LogP contribution in [0.4, 0.5) is 4.79 Å². The summed E-state index contributed by atoms with van der Waals surface area (Å²) in [7, 11) is 2.89. The minimum absolute atomic E-state index is 0.283.